The molecule has 0 bridgehead atoms. The van der Waals surface area contributed by atoms with E-state index in [1.165, 1.54) is 0 Å². The average Bonchev–Trinajstić information content (AvgIpc) is 2.61. The number of carbonyl (C=O) groups excluding carboxylic acids is 1. The summed E-state index contributed by atoms with van der Waals surface area (Å²) in [5.41, 5.74) is -0.0546. The van der Waals surface area contributed by atoms with Gasteiger partial charge in [0, 0.05) is 23.6 Å². The van der Waals surface area contributed by atoms with Gasteiger partial charge in [-0.05, 0) is 39.3 Å². The first-order chi connectivity index (χ1) is 11.9. The van der Waals surface area contributed by atoms with Crippen LogP contribution in [-0.4, -0.2) is 24.7 Å². The first kappa shape index (κ1) is 19.3. The van der Waals surface area contributed by atoms with Gasteiger partial charge in [0.15, 0.2) is 0 Å². The molecule has 0 aliphatic heterocycles. The molecule has 0 unspecified atom stereocenters. The fourth-order valence-corrected chi connectivity index (χ4v) is 2.81. The summed E-state index contributed by atoms with van der Waals surface area (Å²) in [4.78, 5) is 12.8. The van der Waals surface area contributed by atoms with Crippen molar-refractivity contribution in [2.75, 3.05) is 12.4 Å². The zero-order chi connectivity index (χ0) is 18.4. The maximum atomic E-state index is 12.8. The van der Waals surface area contributed by atoms with Crippen LogP contribution in [0.15, 0.2) is 36.4 Å². The number of amides is 1. The maximum Gasteiger partial charge on any atom is 0.256 e. The molecular weight excluding hydrogens is 314 g/mol. The number of hydrogen-bond donors (Lipinski definition) is 1. The molecule has 0 aliphatic rings. The number of benzene rings is 2. The number of methoxy groups -OCH3 is 1. The minimum atomic E-state index is -0.829. The van der Waals surface area contributed by atoms with Gasteiger partial charge in [0.25, 0.3) is 5.91 Å². The summed E-state index contributed by atoms with van der Waals surface area (Å²) in [6, 6.07) is 11.7. The van der Waals surface area contributed by atoms with Crippen LogP contribution in [0.2, 0.25) is 0 Å². The summed E-state index contributed by atoms with van der Waals surface area (Å²) < 4.78 is 11.4. The standard InChI is InChI=1S/C21H29NO3/c1-6-7-14-21(4,24-5)20(23)22-18-12-13-19(25-15(2)3)17-11-9-8-10-16(17)18/h8-13,15H,6-7,14H2,1-5H3,(H,22,23)/t21-/m0/s1. The normalized spacial score (nSPS) is 13.7. The molecule has 25 heavy (non-hydrogen) atoms. The molecule has 0 aliphatic carbocycles. The van der Waals surface area contributed by atoms with Crippen LogP contribution in [-0.2, 0) is 9.53 Å². The Bertz CT molecular complexity index is 726. The number of rotatable bonds is 8. The second-order valence-electron chi connectivity index (χ2n) is 6.82. The van der Waals surface area contributed by atoms with Gasteiger partial charge < -0.3 is 14.8 Å². The van der Waals surface area contributed by atoms with E-state index in [2.05, 4.69) is 12.2 Å². The predicted molar refractivity (Wildman–Crippen MR) is 103 cm³/mol. The molecule has 2 rings (SSSR count). The van der Waals surface area contributed by atoms with E-state index in [0.29, 0.717) is 6.42 Å². The van der Waals surface area contributed by atoms with Crippen LogP contribution in [0.1, 0.15) is 47.0 Å². The molecule has 0 fully saturated rings. The highest BCUT2D eigenvalue weighted by Crippen LogP contribution is 2.33. The third-order valence-corrected chi connectivity index (χ3v) is 4.43. The van der Waals surface area contributed by atoms with E-state index >= 15 is 0 Å². The van der Waals surface area contributed by atoms with E-state index in [4.69, 9.17) is 9.47 Å². The molecular formula is C21H29NO3. The van der Waals surface area contributed by atoms with E-state index in [9.17, 15) is 4.79 Å². The Hall–Kier alpha value is -2.07. The van der Waals surface area contributed by atoms with Crippen molar-refractivity contribution in [2.45, 2.75) is 58.7 Å². The summed E-state index contributed by atoms with van der Waals surface area (Å²) in [7, 11) is 1.59. The van der Waals surface area contributed by atoms with Gasteiger partial charge in [0.05, 0.1) is 6.10 Å². The van der Waals surface area contributed by atoms with Crippen molar-refractivity contribution in [3.8, 4) is 5.75 Å². The van der Waals surface area contributed by atoms with E-state index in [1.54, 1.807) is 7.11 Å². The zero-order valence-corrected chi connectivity index (χ0v) is 15.9. The first-order valence-corrected chi connectivity index (χ1v) is 8.96. The number of unbranched alkanes of at least 4 members (excludes halogenated alkanes) is 1. The van der Waals surface area contributed by atoms with Crippen molar-refractivity contribution in [1.82, 2.24) is 0 Å². The number of nitrogens with one attached hydrogen (secondary N) is 1. The second kappa shape index (κ2) is 8.34. The molecule has 0 radical (unpaired) electrons. The number of anilines is 1. The summed E-state index contributed by atoms with van der Waals surface area (Å²) in [5, 5.41) is 5.00. The van der Waals surface area contributed by atoms with Crippen LogP contribution in [0.5, 0.6) is 5.75 Å². The van der Waals surface area contributed by atoms with Gasteiger partial charge in [0.1, 0.15) is 11.4 Å². The van der Waals surface area contributed by atoms with Gasteiger partial charge in [-0.25, -0.2) is 0 Å². The van der Waals surface area contributed by atoms with Crippen LogP contribution in [0.3, 0.4) is 0 Å². The van der Waals surface area contributed by atoms with Crippen molar-refractivity contribution < 1.29 is 14.3 Å². The zero-order valence-electron chi connectivity index (χ0n) is 15.9. The highest BCUT2D eigenvalue weighted by molar-refractivity contribution is 6.06. The number of ether oxygens (including phenoxy) is 2. The van der Waals surface area contributed by atoms with Crippen LogP contribution in [0, 0.1) is 0 Å². The summed E-state index contributed by atoms with van der Waals surface area (Å²) in [6.07, 6.45) is 2.75. The molecule has 136 valence electrons. The molecule has 1 atom stereocenters. The summed E-state index contributed by atoms with van der Waals surface area (Å²) in [6.45, 7) is 7.95. The number of fused-ring (bicyclic) bond motifs is 1. The quantitative estimate of drug-likeness (QED) is 0.720. The molecule has 2 aromatic carbocycles. The van der Waals surface area contributed by atoms with Crippen LogP contribution < -0.4 is 10.1 Å². The Morgan fingerprint density at radius 3 is 2.44 bits per heavy atom. The van der Waals surface area contributed by atoms with Gasteiger partial charge in [-0.2, -0.15) is 0 Å². The third kappa shape index (κ3) is 4.51. The largest absolute Gasteiger partial charge is 0.490 e. The number of carbonyl (C=O) groups is 1. The van der Waals surface area contributed by atoms with Crippen molar-refractivity contribution >= 4 is 22.4 Å². The fraction of sp³-hybridized carbons (Fsp3) is 0.476. The highest BCUT2D eigenvalue weighted by atomic mass is 16.5. The molecule has 1 N–H and O–H groups in total. The monoisotopic (exact) mass is 343 g/mol. The molecule has 1 amide bonds. The molecule has 0 heterocycles. The van der Waals surface area contributed by atoms with Gasteiger partial charge in [-0.1, -0.05) is 44.0 Å². The lowest BCUT2D eigenvalue weighted by atomic mass is 9.97. The lowest BCUT2D eigenvalue weighted by molar-refractivity contribution is -0.136. The molecule has 2 aromatic rings. The molecule has 4 nitrogen and oxygen atoms in total. The first-order valence-electron chi connectivity index (χ1n) is 8.96. The third-order valence-electron chi connectivity index (χ3n) is 4.43. The smallest absolute Gasteiger partial charge is 0.256 e. The van der Waals surface area contributed by atoms with Gasteiger partial charge in [-0.3, -0.25) is 4.79 Å². The fourth-order valence-electron chi connectivity index (χ4n) is 2.81. The minimum absolute atomic E-state index is 0.0923. The van der Waals surface area contributed by atoms with Crippen LogP contribution in [0.4, 0.5) is 5.69 Å². The Balaban J connectivity index is 2.34. The van der Waals surface area contributed by atoms with E-state index < -0.39 is 5.60 Å². The topological polar surface area (TPSA) is 47.6 Å². The lowest BCUT2D eigenvalue weighted by Crippen LogP contribution is -2.42. The van der Waals surface area contributed by atoms with E-state index in [1.807, 2.05) is 57.2 Å². The predicted octanol–water partition coefficient (Wildman–Crippen LogP) is 5.16. The Morgan fingerprint density at radius 2 is 1.84 bits per heavy atom. The minimum Gasteiger partial charge on any atom is -0.490 e. The second-order valence-corrected chi connectivity index (χ2v) is 6.82. The Morgan fingerprint density at radius 1 is 1.16 bits per heavy atom. The van der Waals surface area contributed by atoms with Crippen LogP contribution in [0.25, 0.3) is 10.8 Å². The van der Waals surface area contributed by atoms with Crippen molar-refractivity contribution in [1.29, 1.82) is 0 Å². The average molecular weight is 343 g/mol. The number of hydrogen-bond acceptors (Lipinski definition) is 3. The van der Waals surface area contributed by atoms with Gasteiger partial charge >= 0.3 is 0 Å². The van der Waals surface area contributed by atoms with Crippen LogP contribution >= 0.6 is 0 Å². The summed E-state index contributed by atoms with van der Waals surface area (Å²) >= 11 is 0. The SMILES string of the molecule is CCCC[C@](C)(OC)C(=O)Nc1ccc(OC(C)C)c2ccccc12. The van der Waals surface area contributed by atoms with E-state index in [-0.39, 0.29) is 12.0 Å². The van der Waals surface area contributed by atoms with E-state index in [0.717, 1.165) is 35.1 Å². The molecule has 4 heteroatoms. The molecule has 0 aromatic heterocycles. The van der Waals surface area contributed by atoms with Crippen molar-refractivity contribution in [3.63, 3.8) is 0 Å². The van der Waals surface area contributed by atoms with Crippen molar-refractivity contribution in [2.24, 2.45) is 0 Å². The Kier molecular flexibility index (Phi) is 6.43. The van der Waals surface area contributed by atoms with Gasteiger partial charge in [-0.15, -0.1) is 0 Å². The maximum absolute atomic E-state index is 12.8. The van der Waals surface area contributed by atoms with Crippen molar-refractivity contribution in [3.05, 3.63) is 36.4 Å². The Labute approximate surface area is 150 Å². The molecule has 0 saturated heterocycles. The van der Waals surface area contributed by atoms with Gasteiger partial charge in [0.2, 0.25) is 0 Å². The molecule has 0 spiro atoms. The summed E-state index contributed by atoms with van der Waals surface area (Å²) in [5.74, 6) is 0.704. The highest BCUT2D eigenvalue weighted by Gasteiger charge is 2.32. The lowest BCUT2D eigenvalue weighted by Gasteiger charge is -2.27. The molecule has 0 saturated carbocycles.